The fourth-order valence-corrected chi connectivity index (χ4v) is 4.29. The van der Waals surface area contributed by atoms with Crippen molar-refractivity contribution in [3.8, 4) is 0 Å². The molecule has 0 aliphatic heterocycles. The Hall–Kier alpha value is -2.09. The van der Waals surface area contributed by atoms with E-state index < -0.39 is 0 Å². The molecule has 2 aromatic rings. The van der Waals surface area contributed by atoms with Crippen molar-refractivity contribution in [3.63, 3.8) is 0 Å². The van der Waals surface area contributed by atoms with Crippen LogP contribution in [0.3, 0.4) is 0 Å². The van der Waals surface area contributed by atoms with Gasteiger partial charge in [0.1, 0.15) is 0 Å². The quantitative estimate of drug-likeness (QED) is 0.666. The molecule has 1 aliphatic rings. The molecule has 0 radical (unpaired) electrons. The molecule has 0 saturated heterocycles. The summed E-state index contributed by atoms with van der Waals surface area (Å²) in [5.74, 6) is 1.16. The highest BCUT2D eigenvalue weighted by atomic mass is 16.2. The Morgan fingerprint density at radius 3 is 2.00 bits per heavy atom. The van der Waals surface area contributed by atoms with Gasteiger partial charge in [0, 0.05) is 0 Å². The average molecular weight is 350 g/mol. The van der Waals surface area contributed by atoms with Gasteiger partial charge in [-0.15, -0.1) is 0 Å². The van der Waals surface area contributed by atoms with E-state index in [9.17, 15) is 4.79 Å². The van der Waals surface area contributed by atoms with Gasteiger partial charge in [0.15, 0.2) is 0 Å². The Morgan fingerprint density at radius 1 is 0.923 bits per heavy atom. The fourth-order valence-electron chi connectivity index (χ4n) is 4.29. The van der Waals surface area contributed by atoms with Crippen LogP contribution < -0.4 is 5.32 Å². The summed E-state index contributed by atoms with van der Waals surface area (Å²) >= 11 is 0. The molecule has 1 saturated carbocycles. The van der Waals surface area contributed by atoms with E-state index in [1.807, 2.05) is 24.3 Å². The Bertz CT molecular complexity index is 674. The zero-order chi connectivity index (χ0) is 18.4. The van der Waals surface area contributed by atoms with Gasteiger partial charge in [0.2, 0.25) is 5.91 Å². The molecule has 2 aromatic carbocycles. The summed E-state index contributed by atoms with van der Waals surface area (Å²) < 4.78 is 0. The number of carbonyl (C=O) groups excluding carboxylic acids is 1. The van der Waals surface area contributed by atoms with Crippen LogP contribution in [0.1, 0.15) is 69.0 Å². The van der Waals surface area contributed by atoms with Crippen LogP contribution in [-0.2, 0) is 4.79 Å². The highest BCUT2D eigenvalue weighted by molar-refractivity contribution is 5.84. The lowest BCUT2D eigenvalue weighted by Crippen LogP contribution is -2.36. The number of nitrogens with one attached hydrogen (secondary N) is 1. The standard InChI is InChI=1S/C24H31NO/c1-18(2)17-22(19-11-5-3-6-12-19)25-24(26)23(21-15-9-10-16-21)20-13-7-4-8-14-20/h3-8,11-14,18,21-23H,9-10,15-17H2,1-2H3,(H,25,26)/t22-,23-/m0/s1. The Morgan fingerprint density at radius 2 is 1.46 bits per heavy atom. The summed E-state index contributed by atoms with van der Waals surface area (Å²) in [5.41, 5.74) is 2.36. The van der Waals surface area contributed by atoms with Crippen molar-refractivity contribution in [1.82, 2.24) is 5.32 Å². The molecule has 1 amide bonds. The molecular weight excluding hydrogens is 318 g/mol. The maximum atomic E-state index is 13.4. The van der Waals surface area contributed by atoms with Crippen LogP contribution in [0.5, 0.6) is 0 Å². The first-order valence-corrected chi connectivity index (χ1v) is 10.1. The molecule has 3 rings (SSSR count). The number of amides is 1. The zero-order valence-electron chi connectivity index (χ0n) is 16.0. The van der Waals surface area contributed by atoms with Crippen LogP contribution in [-0.4, -0.2) is 5.91 Å². The summed E-state index contributed by atoms with van der Waals surface area (Å²) in [6.07, 6.45) is 5.77. The highest BCUT2D eigenvalue weighted by Crippen LogP contribution is 2.38. The van der Waals surface area contributed by atoms with Crippen molar-refractivity contribution in [2.75, 3.05) is 0 Å². The topological polar surface area (TPSA) is 29.1 Å². The van der Waals surface area contributed by atoms with E-state index in [4.69, 9.17) is 0 Å². The van der Waals surface area contributed by atoms with Crippen molar-refractivity contribution >= 4 is 5.91 Å². The average Bonchev–Trinajstić information content (AvgIpc) is 3.17. The van der Waals surface area contributed by atoms with Gasteiger partial charge in [0.25, 0.3) is 0 Å². The van der Waals surface area contributed by atoms with Crippen molar-refractivity contribution in [2.45, 2.75) is 57.9 Å². The molecule has 0 bridgehead atoms. The van der Waals surface area contributed by atoms with Gasteiger partial charge in [-0.05, 0) is 42.2 Å². The number of hydrogen-bond acceptors (Lipinski definition) is 1. The molecule has 1 fully saturated rings. The van der Waals surface area contributed by atoms with E-state index in [2.05, 4.69) is 55.6 Å². The predicted molar refractivity (Wildman–Crippen MR) is 108 cm³/mol. The van der Waals surface area contributed by atoms with Crippen molar-refractivity contribution in [2.24, 2.45) is 11.8 Å². The van der Waals surface area contributed by atoms with E-state index in [-0.39, 0.29) is 17.9 Å². The minimum absolute atomic E-state index is 0.0305. The first kappa shape index (κ1) is 18.7. The van der Waals surface area contributed by atoms with Crippen molar-refractivity contribution in [3.05, 3.63) is 71.8 Å². The van der Waals surface area contributed by atoms with Crippen LogP contribution in [0.15, 0.2) is 60.7 Å². The van der Waals surface area contributed by atoms with E-state index in [1.165, 1.54) is 18.4 Å². The monoisotopic (exact) mass is 349 g/mol. The lowest BCUT2D eigenvalue weighted by molar-refractivity contribution is -0.124. The molecule has 0 unspecified atom stereocenters. The van der Waals surface area contributed by atoms with Crippen LogP contribution in [0.25, 0.3) is 0 Å². The highest BCUT2D eigenvalue weighted by Gasteiger charge is 2.33. The van der Waals surface area contributed by atoms with Crippen LogP contribution in [0, 0.1) is 11.8 Å². The summed E-state index contributed by atoms with van der Waals surface area (Å²) in [7, 11) is 0. The minimum Gasteiger partial charge on any atom is -0.349 e. The second-order valence-corrected chi connectivity index (χ2v) is 8.03. The molecule has 1 aliphatic carbocycles. The summed E-state index contributed by atoms with van der Waals surface area (Å²) in [6, 6.07) is 20.8. The largest absolute Gasteiger partial charge is 0.349 e. The van der Waals surface area contributed by atoms with Crippen LogP contribution >= 0.6 is 0 Å². The van der Waals surface area contributed by atoms with Gasteiger partial charge in [-0.3, -0.25) is 4.79 Å². The van der Waals surface area contributed by atoms with E-state index >= 15 is 0 Å². The smallest absolute Gasteiger partial charge is 0.228 e. The second-order valence-electron chi connectivity index (χ2n) is 8.03. The van der Waals surface area contributed by atoms with Gasteiger partial charge in [-0.2, -0.15) is 0 Å². The Labute approximate surface area is 158 Å². The molecule has 1 N–H and O–H groups in total. The Kier molecular flexibility index (Phi) is 6.49. The maximum Gasteiger partial charge on any atom is 0.228 e. The summed E-state index contributed by atoms with van der Waals surface area (Å²) in [4.78, 5) is 13.4. The second kappa shape index (κ2) is 9.02. The molecule has 2 nitrogen and oxygen atoms in total. The summed E-state index contributed by atoms with van der Waals surface area (Å²) in [6.45, 7) is 4.43. The molecule has 138 valence electrons. The molecule has 2 atom stereocenters. The lowest BCUT2D eigenvalue weighted by atomic mass is 9.83. The number of rotatable bonds is 7. The third-order valence-corrected chi connectivity index (χ3v) is 5.54. The van der Waals surface area contributed by atoms with Gasteiger partial charge < -0.3 is 5.32 Å². The van der Waals surface area contributed by atoms with Crippen molar-refractivity contribution in [1.29, 1.82) is 0 Å². The summed E-state index contributed by atoms with van der Waals surface area (Å²) in [5, 5.41) is 3.40. The van der Waals surface area contributed by atoms with Crippen LogP contribution in [0.2, 0.25) is 0 Å². The third-order valence-electron chi connectivity index (χ3n) is 5.54. The van der Waals surface area contributed by atoms with Gasteiger partial charge in [-0.1, -0.05) is 87.4 Å². The first-order valence-electron chi connectivity index (χ1n) is 10.1. The van der Waals surface area contributed by atoms with Crippen LogP contribution in [0.4, 0.5) is 0 Å². The third kappa shape index (κ3) is 4.75. The predicted octanol–water partition coefficient (Wildman–Crippen LogP) is 5.86. The molecule has 0 spiro atoms. The van der Waals surface area contributed by atoms with E-state index in [0.29, 0.717) is 11.8 Å². The normalized spacial score (nSPS) is 17.2. The van der Waals surface area contributed by atoms with Gasteiger partial charge in [-0.25, -0.2) is 0 Å². The molecular formula is C24H31NO. The first-order chi connectivity index (χ1) is 12.6. The maximum absolute atomic E-state index is 13.4. The molecule has 2 heteroatoms. The van der Waals surface area contributed by atoms with Gasteiger partial charge >= 0.3 is 0 Å². The van der Waals surface area contributed by atoms with Gasteiger partial charge in [0.05, 0.1) is 12.0 Å². The van der Waals surface area contributed by atoms with E-state index in [1.54, 1.807) is 0 Å². The fraction of sp³-hybridized carbons (Fsp3) is 0.458. The number of hydrogen-bond donors (Lipinski definition) is 1. The van der Waals surface area contributed by atoms with E-state index in [0.717, 1.165) is 24.8 Å². The minimum atomic E-state index is -0.0305. The molecule has 0 aromatic heterocycles. The number of benzene rings is 2. The van der Waals surface area contributed by atoms with Crippen molar-refractivity contribution < 1.29 is 4.79 Å². The zero-order valence-corrected chi connectivity index (χ0v) is 16.0. The Balaban J connectivity index is 1.83. The lowest BCUT2D eigenvalue weighted by Gasteiger charge is -2.28. The molecule has 26 heavy (non-hydrogen) atoms. The number of carbonyl (C=O) groups is 1. The molecule has 0 heterocycles. The SMILES string of the molecule is CC(C)C[C@H](NC(=O)[C@@H](c1ccccc1)C1CCCC1)c1ccccc1.